The standard InChI is InChI=1S/C27H27N3O3/c1-19-7-2-3-9-23(19)26(32)29-22-14-12-20(13-15-22)27(33)30-16-6-8-21(17-28-18-31)24-10-4-5-11-25(24)30/h2-5,7,9-15,18,21H,6,8,16-17H2,1H3,(H,28,31)(H,29,32). The van der Waals surface area contributed by atoms with Crippen LogP contribution in [0, 0.1) is 6.92 Å². The lowest BCUT2D eigenvalue weighted by molar-refractivity contribution is -0.109. The van der Waals surface area contributed by atoms with Gasteiger partial charge in [0.05, 0.1) is 0 Å². The second-order valence-electron chi connectivity index (χ2n) is 8.23. The number of nitrogens with one attached hydrogen (secondary N) is 2. The summed E-state index contributed by atoms with van der Waals surface area (Å²) in [6, 6.07) is 22.3. The van der Waals surface area contributed by atoms with E-state index in [1.165, 1.54) is 0 Å². The fourth-order valence-electron chi connectivity index (χ4n) is 4.34. The van der Waals surface area contributed by atoms with Gasteiger partial charge in [0.2, 0.25) is 6.41 Å². The molecule has 1 unspecified atom stereocenters. The number of nitrogens with zero attached hydrogens (tertiary/aromatic N) is 1. The smallest absolute Gasteiger partial charge is 0.258 e. The molecule has 0 saturated heterocycles. The zero-order valence-electron chi connectivity index (χ0n) is 18.6. The molecule has 0 aliphatic carbocycles. The van der Waals surface area contributed by atoms with E-state index >= 15 is 0 Å². The lowest BCUT2D eigenvalue weighted by atomic mass is 9.94. The van der Waals surface area contributed by atoms with Crippen molar-refractivity contribution in [3.8, 4) is 0 Å². The molecule has 0 spiro atoms. The van der Waals surface area contributed by atoms with Crippen molar-refractivity contribution in [2.75, 3.05) is 23.3 Å². The van der Waals surface area contributed by atoms with Crippen LogP contribution in [0.2, 0.25) is 0 Å². The van der Waals surface area contributed by atoms with Gasteiger partial charge >= 0.3 is 0 Å². The van der Waals surface area contributed by atoms with Crippen LogP contribution in [0.3, 0.4) is 0 Å². The van der Waals surface area contributed by atoms with E-state index in [1.807, 2.05) is 54.3 Å². The average Bonchev–Trinajstić information content (AvgIpc) is 3.02. The fraction of sp³-hybridized carbons (Fsp3) is 0.222. The first kappa shape index (κ1) is 22.3. The largest absolute Gasteiger partial charge is 0.358 e. The second-order valence-corrected chi connectivity index (χ2v) is 8.23. The highest BCUT2D eigenvalue weighted by Crippen LogP contribution is 2.34. The molecular formula is C27H27N3O3. The third-order valence-corrected chi connectivity index (χ3v) is 6.07. The van der Waals surface area contributed by atoms with Crippen LogP contribution in [0.15, 0.2) is 72.8 Å². The Hall–Kier alpha value is -3.93. The molecule has 2 N–H and O–H groups in total. The minimum absolute atomic E-state index is 0.0803. The fourth-order valence-corrected chi connectivity index (χ4v) is 4.34. The molecule has 3 aromatic rings. The van der Waals surface area contributed by atoms with Crippen molar-refractivity contribution in [2.45, 2.75) is 25.7 Å². The number of amides is 3. The summed E-state index contributed by atoms with van der Waals surface area (Å²) in [5.74, 6) is -0.0879. The molecule has 1 heterocycles. The number of hydrogen-bond donors (Lipinski definition) is 2. The maximum Gasteiger partial charge on any atom is 0.258 e. The van der Waals surface area contributed by atoms with Crippen LogP contribution in [-0.4, -0.2) is 31.3 Å². The molecule has 33 heavy (non-hydrogen) atoms. The van der Waals surface area contributed by atoms with Crippen molar-refractivity contribution >= 4 is 29.6 Å². The summed E-state index contributed by atoms with van der Waals surface area (Å²) in [6.45, 7) is 3.06. The van der Waals surface area contributed by atoms with Crippen molar-refractivity contribution in [1.29, 1.82) is 0 Å². The Morgan fingerprint density at radius 2 is 1.73 bits per heavy atom. The van der Waals surface area contributed by atoms with Crippen molar-refractivity contribution in [3.05, 3.63) is 95.1 Å². The number of hydrogen-bond acceptors (Lipinski definition) is 3. The van der Waals surface area contributed by atoms with Crippen LogP contribution in [0.4, 0.5) is 11.4 Å². The summed E-state index contributed by atoms with van der Waals surface area (Å²) in [5, 5.41) is 5.68. The molecule has 3 aromatic carbocycles. The number of anilines is 2. The zero-order chi connectivity index (χ0) is 23.2. The number of aryl methyl sites for hydroxylation is 1. The van der Waals surface area contributed by atoms with Crippen molar-refractivity contribution in [1.82, 2.24) is 5.32 Å². The first-order valence-corrected chi connectivity index (χ1v) is 11.1. The van der Waals surface area contributed by atoms with Gasteiger partial charge in [0.15, 0.2) is 0 Å². The molecule has 0 aromatic heterocycles. The summed E-state index contributed by atoms with van der Waals surface area (Å²) < 4.78 is 0. The van der Waals surface area contributed by atoms with E-state index in [0.717, 1.165) is 36.1 Å². The predicted molar refractivity (Wildman–Crippen MR) is 130 cm³/mol. The number of para-hydroxylation sites is 1. The van der Waals surface area contributed by atoms with Crippen molar-refractivity contribution < 1.29 is 14.4 Å². The normalized spacial score (nSPS) is 15.2. The SMILES string of the molecule is Cc1ccccc1C(=O)Nc1ccc(C(=O)N2CCCC(CNC=O)c3ccccc32)cc1. The van der Waals surface area contributed by atoms with Gasteiger partial charge < -0.3 is 15.5 Å². The van der Waals surface area contributed by atoms with Crippen LogP contribution in [0.5, 0.6) is 0 Å². The maximum atomic E-state index is 13.4. The molecule has 168 valence electrons. The Bertz CT molecular complexity index is 1160. The molecule has 6 nitrogen and oxygen atoms in total. The van der Waals surface area contributed by atoms with E-state index in [-0.39, 0.29) is 17.7 Å². The highest BCUT2D eigenvalue weighted by molar-refractivity contribution is 6.08. The molecular weight excluding hydrogens is 414 g/mol. The van der Waals surface area contributed by atoms with E-state index in [2.05, 4.69) is 10.6 Å². The number of fused-ring (bicyclic) bond motifs is 1. The van der Waals surface area contributed by atoms with Crippen LogP contribution in [-0.2, 0) is 4.79 Å². The first-order valence-electron chi connectivity index (χ1n) is 11.1. The lowest BCUT2D eigenvalue weighted by Crippen LogP contribution is -2.31. The van der Waals surface area contributed by atoms with Gasteiger partial charge in [0.1, 0.15) is 0 Å². The predicted octanol–water partition coefficient (Wildman–Crippen LogP) is 4.52. The molecule has 0 bridgehead atoms. The Balaban J connectivity index is 1.52. The minimum Gasteiger partial charge on any atom is -0.358 e. The highest BCUT2D eigenvalue weighted by atomic mass is 16.2. The van der Waals surface area contributed by atoms with Crippen LogP contribution >= 0.6 is 0 Å². The molecule has 1 atom stereocenters. The van der Waals surface area contributed by atoms with Crippen molar-refractivity contribution in [2.24, 2.45) is 0 Å². The third kappa shape index (κ3) is 4.95. The van der Waals surface area contributed by atoms with Gasteiger partial charge in [-0.3, -0.25) is 14.4 Å². The maximum absolute atomic E-state index is 13.4. The molecule has 3 amide bonds. The monoisotopic (exact) mass is 441 g/mol. The van der Waals surface area contributed by atoms with Gasteiger partial charge in [-0.25, -0.2) is 0 Å². The molecule has 1 aliphatic heterocycles. The second kappa shape index (κ2) is 10.1. The van der Waals surface area contributed by atoms with Gasteiger partial charge in [-0.05, 0) is 67.3 Å². The highest BCUT2D eigenvalue weighted by Gasteiger charge is 2.26. The van der Waals surface area contributed by atoms with Gasteiger partial charge in [-0.2, -0.15) is 0 Å². The molecule has 0 saturated carbocycles. The zero-order valence-corrected chi connectivity index (χ0v) is 18.6. The molecule has 6 heteroatoms. The van der Waals surface area contributed by atoms with E-state index in [9.17, 15) is 14.4 Å². The molecule has 1 aliphatic rings. The number of rotatable bonds is 6. The van der Waals surface area contributed by atoms with Crippen molar-refractivity contribution in [3.63, 3.8) is 0 Å². The van der Waals surface area contributed by atoms with E-state index in [4.69, 9.17) is 0 Å². The summed E-state index contributed by atoms with van der Waals surface area (Å²) in [5.41, 5.74) is 4.68. The third-order valence-electron chi connectivity index (χ3n) is 6.07. The van der Waals surface area contributed by atoms with Gasteiger partial charge in [-0.15, -0.1) is 0 Å². The van der Waals surface area contributed by atoms with Gasteiger partial charge in [0.25, 0.3) is 11.8 Å². The van der Waals surface area contributed by atoms with E-state index in [1.54, 1.807) is 30.3 Å². The summed E-state index contributed by atoms with van der Waals surface area (Å²) >= 11 is 0. The Labute approximate surface area is 193 Å². The minimum atomic E-state index is -0.177. The number of carbonyl (C=O) groups excluding carboxylic acids is 3. The number of benzene rings is 3. The Morgan fingerprint density at radius 1 is 1.00 bits per heavy atom. The molecule has 0 radical (unpaired) electrons. The lowest BCUT2D eigenvalue weighted by Gasteiger charge is -2.24. The van der Waals surface area contributed by atoms with Gasteiger partial charge in [-0.1, -0.05) is 36.4 Å². The van der Waals surface area contributed by atoms with Crippen LogP contribution in [0.25, 0.3) is 0 Å². The van der Waals surface area contributed by atoms with E-state index < -0.39 is 0 Å². The molecule has 0 fully saturated rings. The average molecular weight is 442 g/mol. The summed E-state index contributed by atoms with van der Waals surface area (Å²) in [6.07, 6.45) is 2.46. The first-order chi connectivity index (χ1) is 16.1. The Kier molecular flexibility index (Phi) is 6.83. The summed E-state index contributed by atoms with van der Waals surface area (Å²) in [4.78, 5) is 38.6. The van der Waals surface area contributed by atoms with Crippen LogP contribution < -0.4 is 15.5 Å². The van der Waals surface area contributed by atoms with Gasteiger partial charge in [0, 0.05) is 41.5 Å². The Morgan fingerprint density at radius 3 is 2.48 bits per heavy atom. The molecule has 4 rings (SSSR count). The summed E-state index contributed by atoms with van der Waals surface area (Å²) in [7, 11) is 0. The van der Waals surface area contributed by atoms with E-state index in [0.29, 0.717) is 29.9 Å². The quantitative estimate of drug-likeness (QED) is 0.552. The topological polar surface area (TPSA) is 78.5 Å². The number of carbonyl (C=O) groups is 3. The van der Waals surface area contributed by atoms with Crippen LogP contribution in [0.1, 0.15) is 50.6 Å².